The average Bonchev–Trinajstić information content (AvgIpc) is 2.73. The van der Waals surface area contributed by atoms with Crippen LogP contribution in [0.15, 0.2) is 78.9 Å². The molecule has 0 saturated heterocycles. The molecule has 7 heteroatoms. The molecule has 0 radical (unpaired) electrons. The van der Waals surface area contributed by atoms with E-state index < -0.39 is 18.5 Å². The molecule has 0 aliphatic heterocycles. The molecule has 0 heterocycles. The highest BCUT2D eigenvalue weighted by molar-refractivity contribution is 5.97. The molecule has 7 nitrogen and oxygen atoms in total. The highest BCUT2D eigenvalue weighted by atomic mass is 16.5. The van der Waals surface area contributed by atoms with Crippen LogP contribution in [-0.4, -0.2) is 24.4 Å². The van der Waals surface area contributed by atoms with Gasteiger partial charge in [0, 0.05) is 24.4 Å². The first-order valence-electron chi connectivity index (χ1n) is 9.17. The molecule has 0 saturated carbocycles. The van der Waals surface area contributed by atoms with Crippen molar-refractivity contribution in [1.29, 1.82) is 0 Å². The summed E-state index contributed by atoms with van der Waals surface area (Å²) in [4.78, 5) is 35.4. The predicted molar refractivity (Wildman–Crippen MR) is 113 cm³/mol. The van der Waals surface area contributed by atoms with Gasteiger partial charge in [-0.2, -0.15) is 0 Å². The van der Waals surface area contributed by atoms with Crippen LogP contribution in [0.5, 0.6) is 11.5 Å². The lowest BCUT2D eigenvalue weighted by Crippen LogP contribution is -2.21. The summed E-state index contributed by atoms with van der Waals surface area (Å²) >= 11 is 0. The van der Waals surface area contributed by atoms with Crippen molar-refractivity contribution in [3.8, 4) is 11.5 Å². The fourth-order valence-electron chi connectivity index (χ4n) is 2.60. The van der Waals surface area contributed by atoms with Gasteiger partial charge in [0.1, 0.15) is 11.5 Å². The molecule has 0 unspecified atom stereocenters. The van der Waals surface area contributed by atoms with Crippen molar-refractivity contribution >= 4 is 29.2 Å². The minimum absolute atomic E-state index is 0.229. The van der Waals surface area contributed by atoms with E-state index in [0.29, 0.717) is 22.9 Å². The van der Waals surface area contributed by atoms with E-state index in [1.165, 1.54) is 19.1 Å². The molecular formula is C23H20N2O5. The maximum atomic E-state index is 12.2. The Morgan fingerprint density at radius 3 is 2.17 bits per heavy atom. The number of ether oxygens (including phenoxy) is 2. The molecule has 0 aliphatic carbocycles. The van der Waals surface area contributed by atoms with Gasteiger partial charge in [0.25, 0.3) is 5.91 Å². The summed E-state index contributed by atoms with van der Waals surface area (Å²) < 4.78 is 10.8. The zero-order valence-electron chi connectivity index (χ0n) is 16.3. The van der Waals surface area contributed by atoms with Gasteiger partial charge in [0.2, 0.25) is 5.91 Å². The smallest absolute Gasteiger partial charge is 0.338 e. The molecule has 0 spiro atoms. The number of rotatable bonds is 7. The number of nitrogens with one attached hydrogen (secondary N) is 2. The van der Waals surface area contributed by atoms with Gasteiger partial charge in [-0.1, -0.05) is 30.3 Å². The molecular weight excluding hydrogens is 384 g/mol. The molecule has 0 aromatic heterocycles. The fraction of sp³-hybridized carbons (Fsp3) is 0.0870. The summed E-state index contributed by atoms with van der Waals surface area (Å²) in [6.07, 6.45) is 0. The summed E-state index contributed by atoms with van der Waals surface area (Å²) in [5, 5.41) is 5.24. The zero-order chi connectivity index (χ0) is 21.3. The van der Waals surface area contributed by atoms with E-state index in [1.807, 2.05) is 30.3 Å². The van der Waals surface area contributed by atoms with Crippen LogP contribution >= 0.6 is 0 Å². The third kappa shape index (κ3) is 6.20. The van der Waals surface area contributed by atoms with Gasteiger partial charge in [-0.25, -0.2) is 4.79 Å². The summed E-state index contributed by atoms with van der Waals surface area (Å²) in [7, 11) is 0. The van der Waals surface area contributed by atoms with Gasteiger partial charge >= 0.3 is 5.97 Å². The van der Waals surface area contributed by atoms with E-state index in [9.17, 15) is 14.4 Å². The molecule has 3 aromatic carbocycles. The van der Waals surface area contributed by atoms with E-state index in [1.54, 1.807) is 36.4 Å². The number of esters is 1. The fourth-order valence-corrected chi connectivity index (χ4v) is 2.60. The number of hydrogen-bond donors (Lipinski definition) is 2. The van der Waals surface area contributed by atoms with Gasteiger partial charge in [0.15, 0.2) is 6.61 Å². The van der Waals surface area contributed by atoms with Crippen LogP contribution in [0.3, 0.4) is 0 Å². The number of anilines is 2. The third-order valence-electron chi connectivity index (χ3n) is 3.85. The lowest BCUT2D eigenvalue weighted by Gasteiger charge is -2.10. The van der Waals surface area contributed by atoms with Crippen molar-refractivity contribution in [2.75, 3.05) is 17.2 Å². The van der Waals surface area contributed by atoms with Gasteiger partial charge in [0.05, 0.1) is 5.56 Å². The maximum absolute atomic E-state index is 12.2. The van der Waals surface area contributed by atoms with Crippen LogP contribution in [0.25, 0.3) is 0 Å². The summed E-state index contributed by atoms with van der Waals surface area (Å²) in [5.41, 5.74) is 1.21. The first-order chi connectivity index (χ1) is 14.5. The Balaban J connectivity index is 1.54. The Morgan fingerprint density at radius 2 is 1.43 bits per heavy atom. The van der Waals surface area contributed by atoms with Crippen LogP contribution in [-0.2, 0) is 14.3 Å². The molecule has 0 atom stereocenters. The minimum atomic E-state index is -0.668. The molecule has 2 N–H and O–H groups in total. The second-order valence-corrected chi connectivity index (χ2v) is 6.33. The zero-order valence-corrected chi connectivity index (χ0v) is 16.3. The highest BCUT2D eigenvalue weighted by Crippen LogP contribution is 2.23. The second kappa shape index (κ2) is 9.88. The van der Waals surface area contributed by atoms with E-state index >= 15 is 0 Å². The molecule has 3 rings (SSSR count). The van der Waals surface area contributed by atoms with Gasteiger partial charge in [-0.05, 0) is 42.5 Å². The van der Waals surface area contributed by atoms with Crippen LogP contribution in [0, 0.1) is 0 Å². The SMILES string of the molecule is CC(=O)Nc1cccc(C(=O)OCC(=O)Nc2cccc(Oc3ccccc3)c2)c1. The molecule has 0 fully saturated rings. The summed E-state index contributed by atoms with van der Waals surface area (Å²) in [6, 6.07) is 22.4. The Morgan fingerprint density at radius 1 is 0.767 bits per heavy atom. The molecule has 152 valence electrons. The number of carbonyl (C=O) groups excluding carboxylic acids is 3. The van der Waals surface area contributed by atoms with Crippen LogP contribution in [0.2, 0.25) is 0 Å². The largest absolute Gasteiger partial charge is 0.457 e. The topological polar surface area (TPSA) is 93.7 Å². The van der Waals surface area contributed by atoms with Crippen LogP contribution in [0.4, 0.5) is 11.4 Å². The molecule has 0 aliphatic rings. The van der Waals surface area contributed by atoms with Crippen molar-refractivity contribution in [3.63, 3.8) is 0 Å². The monoisotopic (exact) mass is 404 g/mol. The molecule has 3 aromatic rings. The van der Waals surface area contributed by atoms with Crippen LogP contribution < -0.4 is 15.4 Å². The first kappa shape index (κ1) is 20.6. The maximum Gasteiger partial charge on any atom is 0.338 e. The van der Waals surface area contributed by atoms with E-state index in [0.717, 1.165) is 0 Å². The summed E-state index contributed by atoms with van der Waals surface area (Å²) in [5.74, 6) is -0.169. The van der Waals surface area contributed by atoms with E-state index in [4.69, 9.17) is 9.47 Å². The number of amides is 2. The van der Waals surface area contributed by atoms with E-state index in [2.05, 4.69) is 10.6 Å². The standard InChI is InChI=1S/C23H20N2O5/c1-16(26)24-18-8-5-7-17(13-18)23(28)29-15-22(27)25-19-9-6-12-21(14-19)30-20-10-3-2-4-11-20/h2-14H,15H2,1H3,(H,24,26)(H,25,27). The second-order valence-electron chi connectivity index (χ2n) is 6.33. The Labute approximate surface area is 173 Å². The molecule has 0 bridgehead atoms. The van der Waals surface area contributed by atoms with Gasteiger partial charge in [-0.3, -0.25) is 9.59 Å². The Bertz CT molecular complexity index is 1050. The molecule has 30 heavy (non-hydrogen) atoms. The lowest BCUT2D eigenvalue weighted by atomic mass is 10.2. The quantitative estimate of drug-likeness (QED) is 0.575. The first-order valence-corrected chi connectivity index (χ1v) is 9.17. The van der Waals surface area contributed by atoms with Crippen molar-refractivity contribution in [2.24, 2.45) is 0 Å². The van der Waals surface area contributed by atoms with Gasteiger partial charge < -0.3 is 20.1 Å². The average molecular weight is 404 g/mol. The number of carbonyl (C=O) groups is 3. The van der Waals surface area contributed by atoms with Crippen molar-refractivity contribution in [3.05, 3.63) is 84.4 Å². The third-order valence-corrected chi connectivity index (χ3v) is 3.85. The normalized spacial score (nSPS) is 10.0. The Kier molecular flexibility index (Phi) is 6.78. The van der Waals surface area contributed by atoms with Gasteiger partial charge in [-0.15, -0.1) is 0 Å². The predicted octanol–water partition coefficient (Wildman–Crippen LogP) is 4.23. The highest BCUT2D eigenvalue weighted by Gasteiger charge is 2.12. The van der Waals surface area contributed by atoms with E-state index in [-0.39, 0.29) is 11.5 Å². The number of hydrogen-bond acceptors (Lipinski definition) is 5. The van der Waals surface area contributed by atoms with Crippen molar-refractivity contribution < 1.29 is 23.9 Å². The Hall–Kier alpha value is -4.13. The summed E-state index contributed by atoms with van der Waals surface area (Å²) in [6.45, 7) is 0.919. The molecule has 2 amide bonds. The lowest BCUT2D eigenvalue weighted by molar-refractivity contribution is -0.119. The van der Waals surface area contributed by atoms with Crippen molar-refractivity contribution in [1.82, 2.24) is 0 Å². The number of benzene rings is 3. The minimum Gasteiger partial charge on any atom is -0.457 e. The van der Waals surface area contributed by atoms with Crippen molar-refractivity contribution in [2.45, 2.75) is 6.92 Å². The number of para-hydroxylation sites is 1. The van der Waals surface area contributed by atoms with Crippen LogP contribution in [0.1, 0.15) is 17.3 Å².